The van der Waals surface area contributed by atoms with Crippen LogP contribution >= 0.6 is 0 Å². The molecular formula is C17H29N3. The largest absolute Gasteiger partial charge is 0.354 e. The van der Waals surface area contributed by atoms with Gasteiger partial charge in [-0.3, -0.25) is 0 Å². The fourth-order valence-corrected chi connectivity index (χ4v) is 3.45. The molecule has 1 fully saturated rings. The summed E-state index contributed by atoms with van der Waals surface area (Å²) in [5.41, 5.74) is 3.85. The van der Waals surface area contributed by atoms with Crippen LogP contribution in [-0.2, 0) is 6.54 Å². The van der Waals surface area contributed by atoms with Crippen LogP contribution in [0.4, 0.5) is 5.82 Å². The average Bonchev–Trinajstić information content (AvgIpc) is 2.44. The number of nitrogens with zero attached hydrogens (tertiary/aromatic N) is 2. The van der Waals surface area contributed by atoms with Crippen molar-refractivity contribution in [3.05, 3.63) is 22.9 Å². The molecule has 0 aromatic carbocycles. The minimum Gasteiger partial charge on any atom is -0.354 e. The number of anilines is 1. The summed E-state index contributed by atoms with van der Waals surface area (Å²) in [6.07, 6.45) is 6.78. The maximum atomic E-state index is 4.88. The lowest BCUT2D eigenvalue weighted by atomic mass is 9.93. The molecule has 3 nitrogen and oxygen atoms in total. The molecule has 0 radical (unpaired) electrons. The highest BCUT2D eigenvalue weighted by molar-refractivity contribution is 5.52. The van der Waals surface area contributed by atoms with Gasteiger partial charge in [0.15, 0.2) is 0 Å². The highest BCUT2D eigenvalue weighted by Gasteiger charge is 2.23. The second-order valence-electron chi connectivity index (χ2n) is 5.99. The molecular weight excluding hydrogens is 246 g/mol. The van der Waals surface area contributed by atoms with Crippen LogP contribution in [0.2, 0.25) is 0 Å². The molecule has 20 heavy (non-hydrogen) atoms. The highest BCUT2D eigenvalue weighted by Crippen LogP contribution is 2.30. The number of rotatable bonds is 5. The van der Waals surface area contributed by atoms with E-state index in [1.807, 2.05) is 7.05 Å². The molecule has 3 heteroatoms. The van der Waals surface area contributed by atoms with Crippen molar-refractivity contribution in [2.75, 3.05) is 18.5 Å². The third-order valence-electron chi connectivity index (χ3n) is 4.44. The zero-order valence-corrected chi connectivity index (χ0v) is 13.5. The van der Waals surface area contributed by atoms with Crippen molar-refractivity contribution in [2.45, 2.75) is 65.5 Å². The Balaban J connectivity index is 2.36. The van der Waals surface area contributed by atoms with Crippen molar-refractivity contribution in [1.82, 2.24) is 10.3 Å². The fraction of sp³-hybridized carbons (Fsp3) is 0.706. The number of aryl methyl sites for hydroxylation is 2. The van der Waals surface area contributed by atoms with Crippen LogP contribution in [0.15, 0.2) is 6.07 Å². The monoisotopic (exact) mass is 275 g/mol. The summed E-state index contributed by atoms with van der Waals surface area (Å²) in [5.74, 6) is 1.21. The first-order chi connectivity index (χ1) is 9.67. The van der Waals surface area contributed by atoms with Gasteiger partial charge in [0.1, 0.15) is 5.82 Å². The van der Waals surface area contributed by atoms with Gasteiger partial charge in [0.25, 0.3) is 0 Å². The zero-order chi connectivity index (χ0) is 14.5. The summed E-state index contributed by atoms with van der Waals surface area (Å²) >= 11 is 0. The predicted molar refractivity (Wildman–Crippen MR) is 86.4 cm³/mol. The van der Waals surface area contributed by atoms with E-state index in [1.54, 1.807) is 0 Å². The lowest BCUT2D eigenvalue weighted by molar-refractivity contribution is 0.415. The summed E-state index contributed by atoms with van der Waals surface area (Å²) in [6, 6.07) is 2.88. The zero-order valence-electron chi connectivity index (χ0n) is 13.5. The van der Waals surface area contributed by atoms with Crippen LogP contribution in [0.1, 0.15) is 55.8 Å². The Labute approximate surface area is 123 Å². The van der Waals surface area contributed by atoms with E-state index in [0.717, 1.165) is 18.8 Å². The predicted octanol–water partition coefficient (Wildman–Crippen LogP) is 3.58. The smallest absolute Gasteiger partial charge is 0.133 e. The van der Waals surface area contributed by atoms with Gasteiger partial charge in [-0.05, 0) is 52.3 Å². The van der Waals surface area contributed by atoms with Crippen molar-refractivity contribution >= 4 is 5.82 Å². The molecule has 1 N–H and O–H groups in total. The molecule has 1 saturated carbocycles. The van der Waals surface area contributed by atoms with Gasteiger partial charge in [-0.2, -0.15) is 0 Å². The second kappa shape index (κ2) is 7.07. The van der Waals surface area contributed by atoms with Gasteiger partial charge < -0.3 is 10.2 Å². The third-order valence-corrected chi connectivity index (χ3v) is 4.44. The van der Waals surface area contributed by atoms with Gasteiger partial charge in [-0.15, -0.1) is 0 Å². The van der Waals surface area contributed by atoms with E-state index >= 15 is 0 Å². The number of nitrogens with one attached hydrogen (secondary N) is 1. The summed E-state index contributed by atoms with van der Waals surface area (Å²) in [5, 5.41) is 3.30. The Hall–Kier alpha value is -1.09. The maximum Gasteiger partial charge on any atom is 0.133 e. The Kier molecular flexibility index (Phi) is 5.41. The summed E-state index contributed by atoms with van der Waals surface area (Å²) in [7, 11) is 2.01. The van der Waals surface area contributed by atoms with Crippen LogP contribution in [-0.4, -0.2) is 24.6 Å². The van der Waals surface area contributed by atoms with Gasteiger partial charge in [-0.1, -0.05) is 19.3 Å². The van der Waals surface area contributed by atoms with Gasteiger partial charge in [0.2, 0.25) is 0 Å². The van der Waals surface area contributed by atoms with E-state index in [2.05, 4.69) is 37.1 Å². The standard InChI is InChI=1S/C17H29N3/c1-5-20(15-9-7-6-8-10-15)17-16(12-18-4)13(2)11-14(3)19-17/h11,15,18H,5-10,12H2,1-4H3. The summed E-state index contributed by atoms with van der Waals surface area (Å²) in [4.78, 5) is 7.43. The SMILES string of the molecule is CCN(c1nc(C)cc(C)c1CNC)C1CCCCC1. The number of aromatic nitrogens is 1. The molecule has 0 saturated heterocycles. The molecule has 0 aliphatic heterocycles. The fourth-order valence-electron chi connectivity index (χ4n) is 3.45. The Morgan fingerprint density at radius 2 is 1.95 bits per heavy atom. The molecule has 2 rings (SSSR count). The summed E-state index contributed by atoms with van der Waals surface area (Å²) in [6.45, 7) is 8.53. The van der Waals surface area contributed by atoms with Crippen LogP contribution < -0.4 is 10.2 Å². The first-order valence-corrected chi connectivity index (χ1v) is 8.05. The Bertz CT molecular complexity index is 436. The maximum absolute atomic E-state index is 4.88. The average molecular weight is 275 g/mol. The lowest BCUT2D eigenvalue weighted by Gasteiger charge is -2.36. The topological polar surface area (TPSA) is 28.2 Å². The van der Waals surface area contributed by atoms with E-state index in [9.17, 15) is 0 Å². The molecule has 0 atom stereocenters. The van der Waals surface area contributed by atoms with Crippen LogP contribution in [0.3, 0.4) is 0 Å². The molecule has 1 aliphatic rings. The first-order valence-electron chi connectivity index (χ1n) is 8.05. The van der Waals surface area contributed by atoms with E-state index in [1.165, 1.54) is 49.0 Å². The van der Waals surface area contributed by atoms with Gasteiger partial charge in [0.05, 0.1) is 0 Å². The molecule has 1 aromatic heterocycles. The third kappa shape index (κ3) is 3.32. The van der Waals surface area contributed by atoms with Gasteiger partial charge >= 0.3 is 0 Å². The van der Waals surface area contributed by atoms with Crippen molar-refractivity contribution in [2.24, 2.45) is 0 Å². The Morgan fingerprint density at radius 1 is 1.25 bits per heavy atom. The van der Waals surface area contributed by atoms with Crippen molar-refractivity contribution in [3.63, 3.8) is 0 Å². The Morgan fingerprint density at radius 3 is 2.55 bits per heavy atom. The van der Waals surface area contributed by atoms with Crippen LogP contribution in [0.5, 0.6) is 0 Å². The van der Waals surface area contributed by atoms with Crippen molar-refractivity contribution in [1.29, 1.82) is 0 Å². The first kappa shape index (κ1) is 15.3. The molecule has 0 amide bonds. The molecule has 0 bridgehead atoms. The second-order valence-corrected chi connectivity index (χ2v) is 5.99. The van der Waals surface area contributed by atoms with E-state index in [4.69, 9.17) is 4.98 Å². The van der Waals surface area contributed by atoms with E-state index in [-0.39, 0.29) is 0 Å². The number of hydrogen-bond acceptors (Lipinski definition) is 3. The van der Waals surface area contributed by atoms with Gasteiger partial charge in [0, 0.05) is 30.4 Å². The van der Waals surface area contributed by atoms with E-state index < -0.39 is 0 Å². The molecule has 0 unspecified atom stereocenters. The molecule has 0 spiro atoms. The molecule has 1 aliphatic carbocycles. The number of pyridine rings is 1. The quantitative estimate of drug-likeness (QED) is 0.890. The van der Waals surface area contributed by atoms with Crippen molar-refractivity contribution < 1.29 is 0 Å². The minimum absolute atomic E-state index is 0.679. The van der Waals surface area contributed by atoms with Crippen LogP contribution in [0.25, 0.3) is 0 Å². The highest BCUT2D eigenvalue weighted by atomic mass is 15.2. The normalized spacial score (nSPS) is 16.4. The summed E-state index contributed by atoms with van der Waals surface area (Å²) < 4.78 is 0. The lowest BCUT2D eigenvalue weighted by Crippen LogP contribution is -2.38. The number of hydrogen-bond donors (Lipinski definition) is 1. The molecule has 1 aromatic rings. The molecule has 1 heterocycles. The molecule has 112 valence electrons. The van der Waals surface area contributed by atoms with Crippen molar-refractivity contribution in [3.8, 4) is 0 Å². The van der Waals surface area contributed by atoms with E-state index in [0.29, 0.717) is 6.04 Å². The van der Waals surface area contributed by atoms with Crippen LogP contribution in [0, 0.1) is 13.8 Å². The minimum atomic E-state index is 0.679. The van der Waals surface area contributed by atoms with Gasteiger partial charge in [-0.25, -0.2) is 4.98 Å².